The van der Waals surface area contributed by atoms with Gasteiger partial charge in [0.2, 0.25) is 5.91 Å². The summed E-state index contributed by atoms with van der Waals surface area (Å²) >= 11 is 0. The number of hydrogen-bond donors (Lipinski definition) is 3. The van der Waals surface area contributed by atoms with Gasteiger partial charge in [-0.2, -0.15) is 0 Å². The summed E-state index contributed by atoms with van der Waals surface area (Å²) in [7, 11) is 0. The van der Waals surface area contributed by atoms with E-state index in [4.69, 9.17) is 11.5 Å². The van der Waals surface area contributed by atoms with Crippen LogP contribution in [0.2, 0.25) is 0 Å². The largest absolute Gasteiger partial charge is 0.481 e. The van der Waals surface area contributed by atoms with Crippen molar-refractivity contribution in [1.29, 1.82) is 0 Å². The van der Waals surface area contributed by atoms with Gasteiger partial charge in [0.1, 0.15) is 0 Å². The maximum absolute atomic E-state index is 11.4. The van der Waals surface area contributed by atoms with E-state index in [2.05, 4.69) is 16.6 Å². The van der Waals surface area contributed by atoms with Crippen LogP contribution in [0.15, 0.2) is 0 Å². The van der Waals surface area contributed by atoms with Gasteiger partial charge in [-0.3, -0.25) is 14.9 Å². The van der Waals surface area contributed by atoms with Crippen LogP contribution in [0.3, 0.4) is 0 Å². The maximum atomic E-state index is 11.4. The molecule has 88 valence electrons. The average Bonchev–Trinajstić information content (AvgIpc) is 2.66. The molecule has 0 bridgehead atoms. The Morgan fingerprint density at radius 3 is 2.75 bits per heavy atom. The number of hydrogen-bond acceptors (Lipinski definition) is 3. The topological polar surface area (TPSA) is 78.4 Å². The highest BCUT2D eigenvalue weighted by Gasteiger charge is 2.30. The summed E-state index contributed by atoms with van der Waals surface area (Å²) in [6, 6.07) is -0.0127. The Bertz CT molecular complexity index is 309. The Kier molecular flexibility index (Phi) is 4.80. The first-order valence-electron chi connectivity index (χ1n) is 5.30. The van der Waals surface area contributed by atoms with E-state index < -0.39 is 5.97 Å². The number of carboxylic acids is 1. The third-order valence-corrected chi connectivity index (χ3v) is 2.66. The number of carbonyl (C=O) groups excluding carboxylic acids is 1. The van der Waals surface area contributed by atoms with E-state index in [1.54, 1.807) is 0 Å². The van der Waals surface area contributed by atoms with Crippen LogP contribution in [0.5, 0.6) is 0 Å². The van der Waals surface area contributed by atoms with E-state index in [0.717, 1.165) is 6.42 Å². The Labute approximate surface area is 94.6 Å². The number of amides is 1. The van der Waals surface area contributed by atoms with Crippen LogP contribution in [0.4, 0.5) is 0 Å². The first-order chi connectivity index (χ1) is 7.63. The fourth-order valence-corrected chi connectivity index (χ4v) is 1.86. The number of rotatable bonds is 5. The molecule has 1 amide bonds. The minimum absolute atomic E-state index is 0.0127. The van der Waals surface area contributed by atoms with Crippen LogP contribution in [0.25, 0.3) is 0 Å². The van der Waals surface area contributed by atoms with Gasteiger partial charge in [0.25, 0.3) is 0 Å². The molecule has 1 rings (SSSR count). The van der Waals surface area contributed by atoms with Crippen molar-refractivity contribution in [3.63, 3.8) is 0 Å². The van der Waals surface area contributed by atoms with E-state index in [1.807, 2.05) is 0 Å². The lowest BCUT2D eigenvalue weighted by atomic mass is 10.1. The molecule has 5 nitrogen and oxygen atoms in total. The van der Waals surface area contributed by atoms with Gasteiger partial charge < -0.3 is 10.4 Å². The van der Waals surface area contributed by atoms with Crippen LogP contribution in [-0.2, 0) is 9.59 Å². The molecule has 1 fully saturated rings. The molecule has 5 heteroatoms. The van der Waals surface area contributed by atoms with Crippen LogP contribution < -0.4 is 10.6 Å². The SMILES string of the molecule is C#CCNCC(=O)NC1CCC(C(=O)O)C1. The van der Waals surface area contributed by atoms with Gasteiger partial charge in [-0.05, 0) is 19.3 Å². The third-order valence-electron chi connectivity index (χ3n) is 2.66. The Morgan fingerprint density at radius 2 is 2.19 bits per heavy atom. The van der Waals surface area contributed by atoms with Gasteiger partial charge in [0, 0.05) is 6.04 Å². The zero-order valence-electron chi connectivity index (χ0n) is 9.03. The smallest absolute Gasteiger partial charge is 0.306 e. The summed E-state index contributed by atoms with van der Waals surface area (Å²) in [5, 5.41) is 14.4. The molecule has 0 spiro atoms. The van der Waals surface area contributed by atoms with E-state index >= 15 is 0 Å². The molecular formula is C11H16N2O3. The first kappa shape index (κ1) is 12.5. The number of carbonyl (C=O) groups is 2. The van der Waals surface area contributed by atoms with Gasteiger partial charge in [-0.1, -0.05) is 5.92 Å². The van der Waals surface area contributed by atoms with Crippen LogP contribution in [0, 0.1) is 18.3 Å². The lowest BCUT2D eigenvalue weighted by Gasteiger charge is -2.12. The molecule has 0 aliphatic heterocycles. The van der Waals surface area contributed by atoms with Crippen LogP contribution in [0.1, 0.15) is 19.3 Å². The van der Waals surface area contributed by atoms with Crippen molar-refractivity contribution < 1.29 is 14.7 Å². The lowest BCUT2D eigenvalue weighted by molar-refractivity contribution is -0.141. The molecule has 0 aromatic heterocycles. The average molecular weight is 224 g/mol. The highest BCUT2D eigenvalue weighted by Crippen LogP contribution is 2.25. The van der Waals surface area contributed by atoms with Crippen molar-refractivity contribution >= 4 is 11.9 Å². The van der Waals surface area contributed by atoms with E-state index in [-0.39, 0.29) is 24.4 Å². The van der Waals surface area contributed by atoms with Gasteiger partial charge in [-0.15, -0.1) is 6.42 Å². The summed E-state index contributed by atoms with van der Waals surface area (Å²) in [4.78, 5) is 22.1. The molecule has 1 aliphatic carbocycles. The molecule has 16 heavy (non-hydrogen) atoms. The monoisotopic (exact) mass is 224 g/mol. The number of carboxylic acid groups (broad SMARTS) is 1. The van der Waals surface area contributed by atoms with Gasteiger partial charge in [0.15, 0.2) is 0 Å². The molecule has 2 atom stereocenters. The molecule has 0 aromatic rings. The van der Waals surface area contributed by atoms with Gasteiger partial charge in [0.05, 0.1) is 19.0 Å². The molecule has 0 radical (unpaired) electrons. The normalized spacial score (nSPS) is 23.7. The Hall–Kier alpha value is -1.54. The summed E-state index contributed by atoms with van der Waals surface area (Å²) in [6.07, 6.45) is 6.92. The molecular weight excluding hydrogens is 208 g/mol. The van der Waals surface area contributed by atoms with Crippen molar-refractivity contribution in [3.8, 4) is 12.3 Å². The van der Waals surface area contributed by atoms with Crippen molar-refractivity contribution in [2.24, 2.45) is 5.92 Å². The Morgan fingerprint density at radius 1 is 1.44 bits per heavy atom. The highest BCUT2D eigenvalue weighted by molar-refractivity contribution is 5.78. The van der Waals surface area contributed by atoms with E-state index in [9.17, 15) is 9.59 Å². The zero-order chi connectivity index (χ0) is 12.0. The summed E-state index contributed by atoms with van der Waals surface area (Å²) in [5.74, 6) is 1.15. The van der Waals surface area contributed by atoms with Crippen molar-refractivity contribution in [3.05, 3.63) is 0 Å². The van der Waals surface area contributed by atoms with Crippen LogP contribution >= 0.6 is 0 Å². The number of terminal acetylenes is 1. The first-order valence-corrected chi connectivity index (χ1v) is 5.30. The fourth-order valence-electron chi connectivity index (χ4n) is 1.86. The Balaban J connectivity index is 2.21. The van der Waals surface area contributed by atoms with Crippen LogP contribution in [-0.4, -0.2) is 36.1 Å². The molecule has 3 N–H and O–H groups in total. The second-order valence-electron chi connectivity index (χ2n) is 3.92. The highest BCUT2D eigenvalue weighted by atomic mass is 16.4. The van der Waals surface area contributed by atoms with Crippen molar-refractivity contribution in [2.75, 3.05) is 13.1 Å². The third kappa shape index (κ3) is 3.91. The predicted octanol–water partition coefficient (Wildman–Crippen LogP) is -0.421. The second kappa shape index (κ2) is 6.13. The second-order valence-corrected chi connectivity index (χ2v) is 3.92. The predicted molar refractivity (Wildman–Crippen MR) is 58.6 cm³/mol. The summed E-state index contributed by atoms with van der Waals surface area (Å²) < 4.78 is 0. The molecule has 1 aliphatic rings. The van der Waals surface area contributed by atoms with E-state index in [0.29, 0.717) is 19.4 Å². The summed E-state index contributed by atoms with van der Waals surface area (Å²) in [6.45, 7) is 0.536. The maximum Gasteiger partial charge on any atom is 0.306 e. The molecule has 1 saturated carbocycles. The molecule has 0 heterocycles. The van der Waals surface area contributed by atoms with Crippen molar-refractivity contribution in [2.45, 2.75) is 25.3 Å². The van der Waals surface area contributed by atoms with Gasteiger partial charge in [-0.25, -0.2) is 0 Å². The standard InChI is InChI=1S/C11H16N2O3/c1-2-5-12-7-10(14)13-9-4-3-8(6-9)11(15)16/h1,8-9,12H,3-7H2,(H,13,14)(H,15,16). The minimum Gasteiger partial charge on any atom is -0.481 e. The minimum atomic E-state index is -0.776. The number of nitrogens with one attached hydrogen (secondary N) is 2. The van der Waals surface area contributed by atoms with Gasteiger partial charge >= 0.3 is 5.97 Å². The number of aliphatic carboxylic acids is 1. The quantitative estimate of drug-likeness (QED) is 0.438. The fraction of sp³-hybridized carbons (Fsp3) is 0.636. The van der Waals surface area contributed by atoms with E-state index in [1.165, 1.54) is 0 Å². The molecule has 2 unspecified atom stereocenters. The summed E-state index contributed by atoms with van der Waals surface area (Å²) in [5.41, 5.74) is 0. The molecule has 0 saturated heterocycles. The van der Waals surface area contributed by atoms with Crippen molar-refractivity contribution in [1.82, 2.24) is 10.6 Å². The lowest BCUT2D eigenvalue weighted by Crippen LogP contribution is -2.39. The zero-order valence-corrected chi connectivity index (χ0v) is 9.03. The molecule has 0 aromatic carbocycles.